The molecule has 1 aromatic rings. The zero-order valence-electron chi connectivity index (χ0n) is 11.9. The molecule has 20 heavy (non-hydrogen) atoms. The first kappa shape index (κ1) is 15.8. The monoisotopic (exact) mass is 318 g/mol. The normalized spacial score (nSPS) is 18.5. The Morgan fingerprint density at radius 1 is 1.45 bits per heavy atom. The molecule has 0 aliphatic carbocycles. The highest BCUT2D eigenvalue weighted by Crippen LogP contribution is 2.18. The number of aryl methyl sites for hydroxylation is 1. The van der Waals surface area contributed by atoms with Crippen LogP contribution < -0.4 is 10.0 Å². The van der Waals surface area contributed by atoms with Crippen LogP contribution in [0.2, 0.25) is 0 Å². The Morgan fingerprint density at radius 2 is 2.15 bits per heavy atom. The minimum Gasteiger partial charge on any atom is -0.319 e. The maximum absolute atomic E-state index is 12.2. The Kier molecular flexibility index (Phi) is 5.50. The summed E-state index contributed by atoms with van der Waals surface area (Å²) >= 11 is 1.48. The van der Waals surface area contributed by atoms with Crippen molar-refractivity contribution < 1.29 is 8.42 Å². The number of nitrogens with zero attached hydrogens (tertiary/aromatic N) is 2. The number of rotatable bonds is 6. The van der Waals surface area contributed by atoms with E-state index in [1.54, 1.807) is 4.31 Å². The third kappa shape index (κ3) is 4.23. The predicted molar refractivity (Wildman–Crippen MR) is 80.8 cm³/mol. The van der Waals surface area contributed by atoms with Crippen LogP contribution in [-0.2, 0) is 16.8 Å². The highest BCUT2D eigenvalue weighted by atomic mass is 32.2. The van der Waals surface area contributed by atoms with E-state index in [2.05, 4.69) is 15.0 Å². The van der Waals surface area contributed by atoms with Crippen LogP contribution in [0.15, 0.2) is 5.38 Å². The van der Waals surface area contributed by atoms with Crippen LogP contribution in [0, 0.1) is 12.8 Å². The largest absolute Gasteiger partial charge is 0.319 e. The fourth-order valence-corrected chi connectivity index (χ4v) is 4.37. The Hall–Kier alpha value is -0.540. The standard InChI is InChI=1S/C12H22N4O2S2/c1-10-9-19-12(15-10)8-14-20(17,18)16-5-3-11(4-6-16)7-13-2/h9,11,13-14H,3-8H2,1-2H3. The molecule has 1 fully saturated rings. The van der Waals surface area contributed by atoms with Gasteiger partial charge in [0.2, 0.25) is 0 Å². The Bertz CT molecular complexity index is 521. The van der Waals surface area contributed by atoms with Gasteiger partial charge in [0.05, 0.1) is 6.54 Å². The zero-order chi connectivity index (χ0) is 14.6. The molecule has 6 nitrogen and oxygen atoms in total. The molecule has 0 atom stereocenters. The van der Waals surface area contributed by atoms with Gasteiger partial charge in [-0.25, -0.2) is 4.98 Å². The molecular formula is C12H22N4O2S2. The zero-order valence-corrected chi connectivity index (χ0v) is 13.6. The molecule has 2 rings (SSSR count). The lowest BCUT2D eigenvalue weighted by molar-refractivity contribution is 0.268. The summed E-state index contributed by atoms with van der Waals surface area (Å²) in [4.78, 5) is 4.26. The molecule has 0 saturated carbocycles. The number of nitrogens with one attached hydrogen (secondary N) is 2. The molecule has 2 heterocycles. The maximum Gasteiger partial charge on any atom is 0.279 e. The van der Waals surface area contributed by atoms with Crippen molar-refractivity contribution in [3.63, 3.8) is 0 Å². The second kappa shape index (κ2) is 6.95. The van der Waals surface area contributed by atoms with Gasteiger partial charge in [0.1, 0.15) is 5.01 Å². The van der Waals surface area contributed by atoms with E-state index in [-0.39, 0.29) is 6.54 Å². The SMILES string of the molecule is CNCC1CCN(S(=O)(=O)NCc2nc(C)cs2)CC1. The Labute approximate surface area is 124 Å². The van der Waals surface area contributed by atoms with E-state index in [1.807, 2.05) is 19.4 Å². The number of hydrogen-bond acceptors (Lipinski definition) is 5. The average Bonchev–Trinajstić information content (AvgIpc) is 2.84. The van der Waals surface area contributed by atoms with Crippen LogP contribution in [0.3, 0.4) is 0 Å². The smallest absolute Gasteiger partial charge is 0.279 e. The van der Waals surface area contributed by atoms with Gasteiger partial charge in [-0.05, 0) is 39.3 Å². The van der Waals surface area contributed by atoms with Crippen LogP contribution in [0.4, 0.5) is 0 Å². The molecule has 0 bridgehead atoms. The summed E-state index contributed by atoms with van der Waals surface area (Å²) in [5.74, 6) is 0.577. The summed E-state index contributed by atoms with van der Waals surface area (Å²) in [5, 5.41) is 5.87. The van der Waals surface area contributed by atoms with Gasteiger partial charge in [0.25, 0.3) is 10.2 Å². The van der Waals surface area contributed by atoms with Crippen molar-refractivity contribution >= 4 is 21.5 Å². The third-order valence-electron chi connectivity index (χ3n) is 3.48. The van der Waals surface area contributed by atoms with E-state index in [0.717, 1.165) is 30.1 Å². The molecule has 0 amide bonds. The second-order valence-electron chi connectivity index (χ2n) is 5.11. The minimum atomic E-state index is -3.38. The molecule has 0 unspecified atom stereocenters. The molecule has 0 spiro atoms. The lowest BCUT2D eigenvalue weighted by atomic mass is 9.98. The van der Waals surface area contributed by atoms with Crippen molar-refractivity contribution in [1.82, 2.24) is 19.3 Å². The average molecular weight is 318 g/mol. The molecule has 0 aromatic carbocycles. The quantitative estimate of drug-likeness (QED) is 0.810. The molecule has 8 heteroatoms. The van der Waals surface area contributed by atoms with Crippen molar-refractivity contribution in [3.05, 3.63) is 16.1 Å². The van der Waals surface area contributed by atoms with Crippen molar-refractivity contribution in [1.29, 1.82) is 0 Å². The second-order valence-corrected chi connectivity index (χ2v) is 7.81. The maximum atomic E-state index is 12.2. The van der Waals surface area contributed by atoms with Crippen LogP contribution in [0.25, 0.3) is 0 Å². The van der Waals surface area contributed by atoms with Crippen LogP contribution in [0.5, 0.6) is 0 Å². The van der Waals surface area contributed by atoms with Crippen molar-refractivity contribution in [2.45, 2.75) is 26.3 Å². The van der Waals surface area contributed by atoms with E-state index in [4.69, 9.17) is 0 Å². The Balaban J connectivity index is 1.85. The van der Waals surface area contributed by atoms with Gasteiger partial charge < -0.3 is 5.32 Å². The van der Waals surface area contributed by atoms with Gasteiger partial charge in [-0.15, -0.1) is 11.3 Å². The van der Waals surface area contributed by atoms with E-state index < -0.39 is 10.2 Å². The fourth-order valence-electron chi connectivity index (χ4n) is 2.37. The topological polar surface area (TPSA) is 74.3 Å². The molecule has 1 aromatic heterocycles. The molecular weight excluding hydrogens is 296 g/mol. The van der Waals surface area contributed by atoms with Crippen LogP contribution in [0.1, 0.15) is 23.5 Å². The summed E-state index contributed by atoms with van der Waals surface area (Å²) in [6.45, 7) is 4.33. The van der Waals surface area contributed by atoms with Gasteiger partial charge in [-0.1, -0.05) is 0 Å². The number of hydrogen-bond donors (Lipinski definition) is 2. The van der Waals surface area contributed by atoms with Crippen molar-refractivity contribution in [2.24, 2.45) is 5.92 Å². The van der Waals surface area contributed by atoms with Gasteiger partial charge in [0.15, 0.2) is 0 Å². The van der Waals surface area contributed by atoms with Crippen LogP contribution >= 0.6 is 11.3 Å². The molecule has 0 radical (unpaired) electrons. The van der Waals surface area contributed by atoms with Gasteiger partial charge in [-0.3, -0.25) is 0 Å². The Morgan fingerprint density at radius 3 is 2.70 bits per heavy atom. The van der Waals surface area contributed by atoms with E-state index in [1.165, 1.54) is 11.3 Å². The summed E-state index contributed by atoms with van der Waals surface area (Å²) in [7, 11) is -1.45. The lowest BCUT2D eigenvalue weighted by Gasteiger charge is -2.30. The summed E-state index contributed by atoms with van der Waals surface area (Å²) < 4.78 is 28.6. The van der Waals surface area contributed by atoms with E-state index in [0.29, 0.717) is 19.0 Å². The molecule has 1 aliphatic heterocycles. The first-order chi connectivity index (χ1) is 9.51. The van der Waals surface area contributed by atoms with Crippen molar-refractivity contribution in [2.75, 3.05) is 26.7 Å². The number of piperidine rings is 1. The first-order valence-corrected chi connectivity index (χ1v) is 9.13. The van der Waals surface area contributed by atoms with Crippen molar-refractivity contribution in [3.8, 4) is 0 Å². The van der Waals surface area contributed by atoms with Gasteiger partial charge in [0, 0.05) is 24.2 Å². The van der Waals surface area contributed by atoms with Crippen LogP contribution in [-0.4, -0.2) is 44.4 Å². The third-order valence-corrected chi connectivity index (χ3v) is 6.00. The molecule has 1 aliphatic rings. The van der Waals surface area contributed by atoms with E-state index in [9.17, 15) is 8.42 Å². The number of thiazole rings is 1. The highest BCUT2D eigenvalue weighted by Gasteiger charge is 2.27. The summed E-state index contributed by atoms with van der Waals surface area (Å²) in [5.41, 5.74) is 0.928. The number of aromatic nitrogens is 1. The molecule has 114 valence electrons. The van der Waals surface area contributed by atoms with Gasteiger partial charge in [-0.2, -0.15) is 17.4 Å². The van der Waals surface area contributed by atoms with E-state index >= 15 is 0 Å². The minimum absolute atomic E-state index is 0.275. The highest BCUT2D eigenvalue weighted by molar-refractivity contribution is 7.87. The summed E-state index contributed by atoms with van der Waals surface area (Å²) in [6, 6.07) is 0. The predicted octanol–water partition coefficient (Wildman–Crippen LogP) is 0.717. The fraction of sp³-hybridized carbons (Fsp3) is 0.750. The first-order valence-electron chi connectivity index (χ1n) is 6.81. The summed E-state index contributed by atoms with van der Waals surface area (Å²) in [6.07, 6.45) is 1.83. The van der Waals surface area contributed by atoms with Gasteiger partial charge >= 0.3 is 0 Å². The molecule has 1 saturated heterocycles. The lowest BCUT2D eigenvalue weighted by Crippen LogP contribution is -2.45. The molecule has 2 N–H and O–H groups in total.